The van der Waals surface area contributed by atoms with Gasteiger partial charge in [0.25, 0.3) is 5.91 Å². The van der Waals surface area contributed by atoms with Gasteiger partial charge in [-0.25, -0.2) is 4.98 Å². The van der Waals surface area contributed by atoms with E-state index in [1.165, 1.54) is 0 Å². The van der Waals surface area contributed by atoms with Crippen molar-refractivity contribution >= 4 is 5.91 Å². The predicted molar refractivity (Wildman–Crippen MR) is 88.0 cm³/mol. The van der Waals surface area contributed by atoms with Gasteiger partial charge in [0.1, 0.15) is 6.26 Å². The zero-order valence-electron chi connectivity index (χ0n) is 13.0. The Bertz CT molecular complexity index is 871. The smallest absolute Gasteiger partial charge is 0.251 e. The standard InChI is InChI=1S/C19H16N2O3/c22-18(16-8-4-7-14-10-23-12-17(14)16)20-9-15-11-24-19(21-15)13-5-2-1-3-6-13/h1-8,11H,9-10,12H2,(H,20,22). The van der Waals surface area contributed by atoms with Crippen LogP contribution >= 0.6 is 0 Å². The predicted octanol–water partition coefficient (Wildman–Crippen LogP) is 3.30. The summed E-state index contributed by atoms with van der Waals surface area (Å²) in [7, 11) is 0. The highest BCUT2D eigenvalue weighted by molar-refractivity contribution is 5.96. The fourth-order valence-corrected chi connectivity index (χ4v) is 2.78. The third kappa shape index (κ3) is 2.81. The molecule has 0 radical (unpaired) electrons. The lowest BCUT2D eigenvalue weighted by Gasteiger charge is -2.07. The van der Waals surface area contributed by atoms with Crippen molar-refractivity contribution in [3.05, 3.63) is 77.2 Å². The molecule has 0 bridgehead atoms. The Kier molecular flexibility index (Phi) is 3.84. The SMILES string of the molecule is O=C(NCc1coc(-c2ccccc2)n1)c1cccc2c1COC2. The van der Waals surface area contributed by atoms with Crippen LogP contribution in [0.4, 0.5) is 0 Å². The molecule has 2 heterocycles. The van der Waals surface area contributed by atoms with E-state index in [-0.39, 0.29) is 5.91 Å². The number of hydrogen-bond acceptors (Lipinski definition) is 4. The molecule has 0 saturated carbocycles. The number of ether oxygens (including phenoxy) is 1. The highest BCUT2D eigenvalue weighted by Crippen LogP contribution is 2.23. The molecule has 1 aromatic heterocycles. The highest BCUT2D eigenvalue weighted by atomic mass is 16.5. The molecule has 0 atom stereocenters. The van der Waals surface area contributed by atoms with Gasteiger partial charge < -0.3 is 14.5 Å². The quantitative estimate of drug-likeness (QED) is 0.801. The van der Waals surface area contributed by atoms with Gasteiger partial charge in [0.05, 0.1) is 25.5 Å². The number of aromatic nitrogens is 1. The monoisotopic (exact) mass is 320 g/mol. The second kappa shape index (κ2) is 6.29. The zero-order chi connectivity index (χ0) is 16.4. The van der Waals surface area contributed by atoms with E-state index in [2.05, 4.69) is 10.3 Å². The second-order valence-corrected chi connectivity index (χ2v) is 5.63. The minimum atomic E-state index is -0.124. The molecular weight excluding hydrogens is 304 g/mol. The molecule has 0 aliphatic carbocycles. The molecule has 2 aromatic carbocycles. The number of oxazole rings is 1. The minimum absolute atomic E-state index is 0.124. The highest BCUT2D eigenvalue weighted by Gasteiger charge is 2.19. The number of benzene rings is 2. The van der Waals surface area contributed by atoms with Crippen molar-refractivity contribution in [2.24, 2.45) is 0 Å². The van der Waals surface area contributed by atoms with Gasteiger partial charge in [0.2, 0.25) is 5.89 Å². The van der Waals surface area contributed by atoms with Crippen molar-refractivity contribution in [1.29, 1.82) is 0 Å². The number of nitrogens with zero attached hydrogens (tertiary/aromatic N) is 1. The average molecular weight is 320 g/mol. The lowest BCUT2D eigenvalue weighted by atomic mass is 10.0. The summed E-state index contributed by atoms with van der Waals surface area (Å²) >= 11 is 0. The Morgan fingerprint density at radius 3 is 2.83 bits per heavy atom. The molecule has 4 rings (SSSR count). The summed E-state index contributed by atoms with van der Waals surface area (Å²) in [6.07, 6.45) is 1.57. The van der Waals surface area contributed by atoms with E-state index in [9.17, 15) is 4.79 Å². The van der Waals surface area contributed by atoms with Crippen LogP contribution in [0.5, 0.6) is 0 Å². The molecule has 5 heteroatoms. The van der Waals surface area contributed by atoms with E-state index in [0.29, 0.717) is 36.9 Å². The molecule has 24 heavy (non-hydrogen) atoms. The lowest BCUT2D eigenvalue weighted by molar-refractivity contribution is 0.0945. The van der Waals surface area contributed by atoms with E-state index >= 15 is 0 Å². The molecule has 1 amide bonds. The van der Waals surface area contributed by atoms with Gasteiger partial charge in [-0.1, -0.05) is 30.3 Å². The first-order valence-corrected chi connectivity index (χ1v) is 7.78. The van der Waals surface area contributed by atoms with Gasteiger partial charge in [-0.05, 0) is 29.3 Å². The number of nitrogens with one attached hydrogen (secondary N) is 1. The Hall–Kier alpha value is -2.92. The van der Waals surface area contributed by atoms with Crippen LogP contribution in [0.1, 0.15) is 27.2 Å². The first-order valence-electron chi connectivity index (χ1n) is 7.78. The molecule has 3 aromatic rings. The largest absolute Gasteiger partial charge is 0.444 e. The summed E-state index contributed by atoms with van der Waals surface area (Å²) in [4.78, 5) is 16.8. The Morgan fingerprint density at radius 1 is 1.08 bits per heavy atom. The fraction of sp³-hybridized carbons (Fsp3) is 0.158. The van der Waals surface area contributed by atoms with E-state index in [0.717, 1.165) is 16.7 Å². The Labute approximate surface area is 139 Å². The molecule has 0 unspecified atom stereocenters. The normalized spacial score (nSPS) is 12.8. The molecule has 1 aliphatic heterocycles. The van der Waals surface area contributed by atoms with Gasteiger partial charge >= 0.3 is 0 Å². The number of rotatable bonds is 4. The van der Waals surface area contributed by atoms with Crippen molar-refractivity contribution in [2.45, 2.75) is 19.8 Å². The molecule has 5 nitrogen and oxygen atoms in total. The number of hydrogen-bond donors (Lipinski definition) is 1. The summed E-state index contributed by atoms with van der Waals surface area (Å²) in [5, 5.41) is 2.89. The minimum Gasteiger partial charge on any atom is -0.444 e. The maximum Gasteiger partial charge on any atom is 0.251 e. The van der Waals surface area contributed by atoms with Crippen LogP contribution < -0.4 is 5.32 Å². The second-order valence-electron chi connectivity index (χ2n) is 5.63. The van der Waals surface area contributed by atoms with Crippen LogP contribution in [0.25, 0.3) is 11.5 Å². The third-order valence-electron chi connectivity index (χ3n) is 4.02. The maximum atomic E-state index is 12.4. The number of fused-ring (bicyclic) bond motifs is 1. The van der Waals surface area contributed by atoms with Gasteiger partial charge in [0.15, 0.2) is 0 Å². The third-order valence-corrected chi connectivity index (χ3v) is 4.02. The first-order chi connectivity index (χ1) is 11.8. The summed E-state index contributed by atoms with van der Waals surface area (Å²) in [5.41, 5.74) is 4.31. The van der Waals surface area contributed by atoms with Crippen molar-refractivity contribution < 1.29 is 13.9 Å². The summed E-state index contributed by atoms with van der Waals surface area (Å²) in [6.45, 7) is 1.38. The van der Waals surface area contributed by atoms with E-state index in [1.807, 2.05) is 48.5 Å². The van der Waals surface area contributed by atoms with E-state index in [4.69, 9.17) is 9.15 Å². The lowest BCUT2D eigenvalue weighted by Crippen LogP contribution is -2.24. The van der Waals surface area contributed by atoms with Crippen molar-refractivity contribution in [2.75, 3.05) is 0 Å². The van der Waals surface area contributed by atoms with Gasteiger partial charge in [-0.15, -0.1) is 0 Å². The summed E-state index contributed by atoms with van der Waals surface area (Å²) in [6, 6.07) is 15.4. The van der Waals surface area contributed by atoms with Gasteiger partial charge in [0, 0.05) is 11.1 Å². The Morgan fingerprint density at radius 2 is 1.96 bits per heavy atom. The summed E-state index contributed by atoms with van der Waals surface area (Å²) in [5.74, 6) is 0.426. The van der Waals surface area contributed by atoms with Crippen LogP contribution in [-0.4, -0.2) is 10.9 Å². The topological polar surface area (TPSA) is 64.4 Å². The van der Waals surface area contributed by atoms with E-state index < -0.39 is 0 Å². The van der Waals surface area contributed by atoms with Crippen molar-refractivity contribution in [3.63, 3.8) is 0 Å². The van der Waals surface area contributed by atoms with Gasteiger partial charge in [-0.3, -0.25) is 4.79 Å². The van der Waals surface area contributed by atoms with Crippen LogP contribution in [0.3, 0.4) is 0 Å². The van der Waals surface area contributed by atoms with Crippen LogP contribution in [0, 0.1) is 0 Å². The summed E-state index contributed by atoms with van der Waals surface area (Å²) < 4.78 is 10.9. The molecule has 0 fully saturated rings. The number of carbonyl (C=O) groups excluding carboxylic acids is 1. The molecule has 0 spiro atoms. The van der Waals surface area contributed by atoms with Gasteiger partial charge in [-0.2, -0.15) is 0 Å². The van der Waals surface area contributed by atoms with Crippen LogP contribution in [0.15, 0.2) is 59.2 Å². The molecular formula is C19H16N2O3. The molecule has 1 N–H and O–H groups in total. The average Bonchev–Trinajstić information content (AvgIpc) is 3.29. The first kappa shape index (κ1) is 14.7. The van der Waals surface area contributed by atoms with E-state index in [1.54, 1.807) is 6.26 Å². The zero-order valence-corrected chi connectivity index (χ0v) is 13.0. The molecule has 1 aliphatic rings. The fourth-order valence-electron chi connectivity index (χ4n) is 2.78. The Balaban J connectivity index is 1.45. The number of carbonyl (C=O) groups is 1. The van der Waals surface area contributed by atoms with Crippen LogP contribution in [0.2, 0.25) is 0 Å². The molecule has 0 saturated heterocycles. The van der Waals surface area contributed by atoms with Crippen molar-refractivity contribution in [1.82, 2.24) is 10.3 Å². The van der Waals surface area contributed by atoms with Crippen molar-refractivity contribution in [3.8, 4) is 11.5 Å². The number of amides is 1. The maximum absolute atomic E-state index is 12.4. The molecule has 120 valence electrons. The van der Waals surface area contributed by atoms with Crippen LogP contribution in [-0.2, 0) is 24.5 Å².